The first-order chi connectivity index (χ1) is 31.8. The van der Waals surface area contributed by atoms with Gasteiger partial charge in [0.15, 0.2) is 0 Å². The van der Waals surface area contributed by atoms with E-state index in [0.29, 0.717) is 0 Å². The van der Waals surface area contributed by atoms with Gasteiger partial charge in [0.1, 0.15) is 0 Å². The van der Waals surface area contributed by atoms with E-state index in [9.17, 15) is 0 Å². The van der Waals surface area contributed by atoms with Crippen LogP contribution in [0.4, 0.5) is 0 Å². The summed E-state index contributed by atoms with van der Waals surface area (Å²) in [5, 5.41) is 10.2. The molecule has 0 spiro atoms. The molecule has 0 aliphatic rings. The van der Waals surface area contributed by atoms with Crippen LogP contribution in [0.15, 0.2) is 224 Å². The average Bonchev–Trinajstić information content (AvgIpc) is 4.10. The molecule has 0 aliphatic heterocycles. The fourth-order valence-corrected chi connectivity index (χ4v) is 13.2. The summed E-state index contributed by atoms with van der Waals surface area (Å²) in [6.07, 6.45) is 0. The molecule has 10 aromatic carbocycles. The van der Waals surface area contributed by atoms with Crippen LogP contribution in [0.5, 0.6) is 0 Å². The van der Waals surface area contributed by atoms with Gasteiger partial charge in [0.2, 0.25) is 0 Å². The van der Waals surface area contributed by atoms with Gasteiger partial charge >= 0.3 is 302 Å². The summed E-state index contributed by atoms with van der Waals surface area (Å²) >= 11 is 0.170. The van der Waals surface area contributed by atoms with Crippen molar-refractivity contribution >= 4 is 99.2 Å². The summed E-state index contributed by atoms with van der Waals surface area (Å²) in [4.78, 5) is 0. The van der Waals surface area contributed by atoms with Crippen molar-refractivity contribution < 1.29 is 0 Å². The van der Waals surface area contributed by atoms with Crippen LogP contribution in [-0.4, -0.2) is 28.2 Å². The van der Waals surface area contributed by atoms with Crippen LogP contribution >= 0.6 is 0 Å². The van der Waals surface area contributed by atoms with E-state index in [1.807, 2.05) is 0 Å². The van der Waals surface area contributed by atoms with Crippen LogP contribution in [0.1, 0.15) is 0 Å². The molecule has 14 aromatic rings. The Kier molecular flexibility index (Phi) is 7.70. The predicted molar refractivity (Wildman–Crippen MR) is 272 cm³/mol. The standard InChI is InChI=1S/C60H37N3Se/c1-2-16-38(17-3-1)42-18-4-5-19-43(42)39-34-57(60-49-24-10-15-29-58(49)64-59(60)35-39)63-54-28-14-8-22-46(54)48-32-30-41(37-56(48)63)62-53-27-13-9-23-47(53)50-36-40(31-33-55(50)62)61-51-25-11-6-20-44(51)45-21-7-12-26-52(45)61/h1-37H. The second-order valence-electron chi connectivity index (χ2n) is 16.9. The fourth-order valence-electron chi connectivity index (χ4n) is 10.7. The molecular formula is C60H37N3Se. The third kappa shape index (κ3) is 5.15. The summed E-state index contributed by atoms with van der Waals surface area (Å²) < 4.78 is 10.3. The number of hydrogen-bond acceptors (Lipinski definition) is 0. The summed E-state index contributed by atoms with van der Waals surface area (Å²) in [5.74, 6) is 0. The Balaban J connectivity index is 1.04. The number of rotatable bonds is 5. The molecule has 0 aliphatic carbocycles. The number of para-hydroxylation sites is 4. The zero-order valence-corrected chi connectivity index (χ0v) is 36.3. The van der Waals surface area contributed by atoms with Gasteiger partial charge in [-0.05, 0) is 12.1 Å². The SMILES string of the molecule is c1ccc(-c2ccccc2-c2cc(-n3c4ccccc4c4ccc(-n5c6ccccc6c6cc(-n7c8ccccc8c8ccccc87)ccc65)cc43)c3c(c2)[se]c2ccccc23)cc1. The first-order valence-electron chi connectivity index (χ1n) is 21.9. The Morgan fingerprint density at radius 2 is 0.734 bits per heavy atom. The Morgan fingerprint density at radius 1 is 0.266 bits per heavy atom. The van der Waals surface area contributed by atoms with E-state index in [1.54, 1.807) is 0 Å². The topological polar surface area (TPSA) is 14.8 Å². The van der Waals surface area contributed by atoms with Crippen molar-refractivity contribution in [2.45, 2.75) is 0 Å². The summed E-state index contributed by atoms with van der Waals surface area (Å²) in [5.41, 5.74) is 15.7. The predicted octanol–water partition coefficient (Wildman–Crippen LogP) is 15.7. The number of hydrogen-bond donors (Lipinski definition) is 0. The summed E-state index contributed by atoms with van der Waals surface area (Å²) in [7, 11) is 0. The number of nitrogens with zero attached hydrogens (tertiary/aromatic N) is 3. The monoisotopic (exact) mass is 879 g/mol. The van der Waals surface area contributed by atoms with Gasteiger partial charge in [-0.3, -0.25) is 0 Å². The Morgan fingerprint density at radius 3 is 1.39 bits per heavy atom. The number of fused-ring (bicyclic) bond motifs is 12. The molecule has 64 heavy (non-hydrogen) atoms. The third-order valence-electron chi connectivity index (χ3n) is 13.4. The molecule has 0 saturated carbocycles. The molecule has 4 heteroatoms. The average molecular weight is 879 g/mol. The second kappa shape index (κ2) is 13.8. The number of benzene rings is 10. The normalized spacial score (nSPS) is 12.1. The van der Waals surface area contributed by atoms with E-state index in [-0.39, 0.29) is 14.5 Å². The van der Waals surface area contributed by atoms with Crippen molar-refractivity contribution in [1.82, 2.24) is 13.7 Å². The Bertz CT molecular complexity index is 4140. The second-order valence-corrected chi connectivity index (χ2v) is 19.1. The maximum absolute atomic E-state index is 2.56. The van der Waals surface area contributed by atoms with Crippen LogP contribution < -0.4 is 0 Å². The Hall–Kier alpha value is -7.88. The fraction of sp³-hybridized carbons (Fsp3) is 0. The van der Waals surface area contributed by atoms with Crippen LogP contribution in [0, 0.1) is 0 Å². The van der Waals surface area contributed by atoms with E-state index >= 15 is 0 Å². The van der Waals surface area contributed by atoms with Gasteiger partial charge in [-0.15, -0.1) is 0 Å². The van der Waals surface area contributed by atoms with Gasteiger partial charge in [-0.2, -0.15) is 0 Å². The molecular weight excluding hydrogens is 842 g/mol. The van der Waals surface area contributed by atoms with Gasteiger partial charge in [-0.1, -0.05) is 36.4 Å². The van der Waals surface area contributed by atoms with Gasteiger partial charge in [0.05, 0.1) is 11.0 Å². The van der Waals surface area contributed by atoms with Crippen molar-refractivity contribution in [3.05, 3.63) is 224 Å². The number of aromatic nitrogens is 3. The summed E-state index contributed by atoms with van der Waals surface area (Å²) in [6.45, 7) is 0. The minimum absolute atomic E-state index is 0.170. The van der Waals surface area contributed by atoms with Crippen molar-refractivity contribution in [3.8, 4) is 39.3 Å². The van der Waals surface area contributed by atoms with Crippen molar-refractivity contribution in [2.24, 2.45) is 0 Å². The molecule has 0 atom stereocenters. The molecule has 0 unspecified atom stereocenters. The van der Waals surface area contributed by atoms with E-state index in [1.165, 1.54) is 113 Å². The molecule has 14 rings (SSSR count). The van der Waals surface area contributed by atoms with Crippen LogP contribution in [-0.2, 0) is 0 Å². The van der Waals surface area contributed by atoms with Crippen molar-refractivity contribution in [2.75, 3.05) is 0 Å². The molecule has 0 bridgehead atoms. The zero-order chi connectivity index (χ0) is 41.9. The zero-order valence-electron chi connectivity index (χ0n) is 34.6. The molecule has 0 amide bonds. The van der Waals surface area contributed by atoms with Gasteiger partial charge in [0.25, 0.3) is 0 Å². The molecule has 0 radical (unpaired) electrons. The molecule has 4 aromatic heterocycles. The van der Waals surface area contributed by atoms with E-state index < -0.39 is 0 Å². The van der Waals surface area contributed by atoms with Gasteiger partial charge in [0, 0.05) is 10.8 Å². The van der Waals surface area contributed by atoms with Crippen molar-refractivity contribution in [1.29, 1.82) is 0 Å². The van der Waals surface area contributed by atoms with Crippen LogP contribution in [0.25, 0.3) is 124 Å². The Labute approximate surface area is 374 Å². The van der Waals surface area contributed by atoms with E-state index in [0.717, 1.165) is 11.4 Å². The van der Waals surface area contributed by atoms with Crippen LogP contribution in [0.3, 0.4) is 0 Å². The molecule has 0 N–H and O–H groups in total. The van der Waals surface area contributed by atoms with Crippen molar-refractivity contribution in [3.63, 3.8) is 0 Å². The molecule has 0 fully saturated rings. The van der Waals surface area contributed by atoms with E-state index in [4.69, 9.17) is 0 Å². The van der Waals surface area contributed by atoms with Gasteiger partial charge in [-0.25, -0.2) is 0 Å². The van der Waals surface area contributed by atoms with Gasteiger partial charge < -0.3 is 4.57 Å². The molecule has 3 nitrogen and oxygen atoms in total. The van der Waals surface area contributed by atoms with Crippen LogP contribution in [0.2, 0.25) is 0 Å². The first kappa shape index (κ1) is 35.7. The summed E-state index contributed by atoms with van der Waals surface area (Å²) in [6, 6.07) is 83.2. The molecule has 298 valence electrons. The maximum atomic E-state index is 2.56. The molecule has 4 heterocycles. The third-order valence-corrected chi connectivity index (χ3v) is 15.8. The quantitative estimate of drug-likeness (QED) is 0.153. The first-order valence-corrected chi connectivity index (χ1v) is 23.6. The minimum atomic E-state index is 0.170. The van der Waals surface area contributed by atoms with E-state index in [2.05, 4.69) is 238 Å². The molecule has 0 saturated heterocycles.